The van der Waals surface area contributed by atoms with Gasteiger partial charge in [-0.1, -0.05) is 0 Å². The van der Waals surface area contributed by atoms with Gasteiger partial charge in [0.05, 0.1) is 6.61 Å². The summed E-state index contributed by atoms with van der Waals surface area (Å²) >= 11 is 0. The molecule has 0 spiro atoms. The van der Waals surface area contributed by atoms with Crippen molar-refractivity contribution in [3.8, 4) is 0 Å². The molecule has 0 aliphatic heterocycles. The molecule has 0 aliphatic carbocycles. The summed E-state index contributed by atoms with van der Waals surface area (Å²) in [5.41, 5.74) is 0. The third kappa shape index (κ3) is 9.79. The first-order valence-corrected chi connectivity index (χ1v) is 6.71. The lowest BCUT2D eigenvalue weighted by atomic mass is 10.3. The molecule has 0 atom stereocenters. The predicted octanol–water partition coefficient (Wildman–Crippen LogP) is 1.37. The molecule has 18 heavy (non-hydrogen) atoms. The molecule has 0 heterocycles. The number of ether oxygens (including phenoxy) is 4. The predicted molar refractivity (Wildman–Crippen MR) is 71.8 cm³/mol. The van der Waals surface area contributed by atoms with E-state index in [1.165, 1.54) is 0 Å². The summed E-state index contributed by atoms with van der Waals surface area (Å²) in [6, 6.07) is 0. The van der Waals surface area contributed by atoms with E-state index in [0.29, 0.717) is 13.2 Å². The largest absolute Gasteiger partial charge is 0.385 e. The Hall–Kier alpha value is -0.200. The van der Waals surface area contributed by atoms with Crippen molar-refractivity contribution in [2.45, 2.75) is 26.6 Å². The van der Waals surface area contributed by atoms with Gasteiger partial charge in [0.25, 0.3) is 0 Å². The summed E-state index contributed by atoms with van der Waals surface area (Å²) in [5, 5.41) is 0. The zero-order valence-corrected chi connectivity index (χ0v) is 12.3. The van der Waals surface area contributed by atoms with Gasteiger partial charge in [-0.25, -0.2) is 0 Å². The Morgan fingerprint density at radius 2 is 1.50 bits per heavy atom. The number of hydrogen-bond donors (Lipinski definition) is 0. The molecule has 5 nitrogen and oxygen atoms in total. The van der Waals surface area contributed by atoms with E-state index < -0.39 is 0 Å². The number of hydrogen-bond acceptors (Lipinski definition) is 5. The van der Waals surface area contributed by atoms with Gasteiger partial charge in [0, 0.05) is 53.7 Å². The van der Waals surface area contributed by atoms with Crippen LogP contribution in [0.4, 0.5) is 0 Å². The molecule has 0 aromatic rings. The van der Waals surface area contributed by atoms with Crippen molar-refractivity contribution < 1.29 is 18.9 Å². The standard InChI is InChI=1S/C13H29NO4/c1-5-17-13(18-6-2)12-14(9-11-16-4)8-7-10-15-3/h13H,5-12H2,1-4H3. The fraction of sp³-hybridized carbons (Fsp3) is 1.00. The first kappa shape index (κ1) is 17.8. The fourth-order valence-corrected chi connectivity index (χ4v) is 1.68. The Labute approximate surface area is 111 Å². The van der Waals surface area contributed by atoms with Crippen LogP contribution in [0.2, 0.25) is 0 Å². The van der Waals surface area contributed by atoms with Crippen LogP contribution in [0.5, 0.6) is 0 Å². The maximum Gasteiger partial charge on any atom is 0.170 e. The lowest BCUT2D eigenvalue weighted by Gasteiger charge is -2.26. The van der Waals surface area contributed by atoms with Gasteiger partial charge >= 0.3 is 0 Å². The summed E-state index contributed by atoms with van der Waals surface area (Å²) in [5.74, 6) is 0. The van der Waals surface area contributed by atoms with E-state index >= 15 is 0 Å². The van der Waals surface area contributed by atoms with Crippen LogP contribution in [0.3, 0.4) is 0 Å². The molecule has 0 saturated heterocycles. The molecule has 0 fully saturated rings. The van der Waals surface area contributed by atoms with Crippen LogP contribution < -0.4 is 0 Å². The highest BCUT2D eigenvalue weighted by molar-refractivity contribution is 4.60. The average molecular weight is 263 g/mol. The van der Waals surface area contributed by atoms with E-state index in [9.17, 15) is 0 Å². The Balaban J connectivity index is 4.06. The monoisotopic (exact) mass is 263 g/mol. The van der Waals surface area contributed by atoms with E-state index in [1.807, 2.05) is 13.8 Å². The first-order valence-electron chi connectivity index (χ1n) is 6.71. The summed E-state index contributed by atoms with van der Waals surface area (Å²) in [4.78, 5) is 2.29. The zero-order valence-electron chi connectivity index (χ0n) is 12.3. The SMILES string of the molecule is CCOC(CN(CCCOC)CCOC)OCC. The van der Waals surface area contributed by atoms with E-state index in [-0.39, 0.29) is 6.29 Å². The van der Waals surface area contributed by atoms with Gasteiger partial charge in [-0.15, -0.1) is 0 Å². The van der Waals surface area contributed by atoms with Gasteiger partial charge in [-0.2, -0.15) is 0 Å². The zero-order chi connectivity index (χ0) is 13.6. The van der Waals surface area contributed by atoms with E-state index in [1.54, 1.807) is 14.2 Å². The highest BCUT2D eigenvalue weighted by atomic mass is 16.7. The molecule has 0 aromatic carbocycles. The molecule has 0 aromatic heterocycles. The highest BCUT2D eigenvalue weighted by Gasteiger charge is 2.14. The van der Waals surface area contributed by atoms with E-state index in [2.05, 4.69) is 4.90 Å². The summed E-state index contributed by atoms with van der Waals surface area (Å²) in [7, 11) is 3.44. The second-order valence-corrected chi connectivity index (χ2v) is 3.98. The molecule has 0 rings (SSSR count). The highest BCUT2D eigenvalue weighted by Crippen LogP contribution is 2.01. The maximum absolute atomic E-state index is 5.56. The molecule has 0 amide bonds. The number of nitrogens with zero attached hydrogens (tertiary/aromatic N) is 1. The number of rotatable bonds is 13. The minimum atomic E-state index is -0.153. The van der Waals surface area contributed by atoms with Crippen LogP contribution in [0, 0.1) is 0 Å². The van der Waals surface area contributed by atoms with Crippen molar-refractivity contribution in [3.63, 3.8) is 0 Å². The molecule has 0 aliphatic rings. The van der Waals surface area contributed by atoms with Gasteiger partial charge in [-0.3, -0.25) is 4.90 Å². The Morgan fingerprint density at radius 1 is 0.889 bits per heavy atom. The van der Waals surface area contributed by atoms with Crippen molar-refractivity contribution in [1.82, 2.24) is 4.90 Å². The minimum Gasteiger partial charge on any atom is -0.385 e. The third-order valence-corrected chi connectivity index (χ3v) is 2.55. The molecule has 0 N–H and O–H groups in total. The van der Waals surface area contributed by atoms with Crippen LogP contribution in [-0.2, 0) is 18.9 Å². The summed E-state index contributed by atoms with van der Waals surface area (Å²) < 4.78 is 21.3. The number of methoxy groups -OCH3 is 2. The summed E-state index contributed by atoms with van der Waals surface area (Å²) in [6.07, 6.45) is 0.852. The second-order valence-electron chi connectivity index (χ2n) is 3.98. The lowest BCUT2D eigenvalue weighted by molar-refractivity contribution is -0.148. The van der Waals surface area contributed by atoms with Gasteiger partial charge in [0.1, 0.15) is 0 Å². The molecule has 5 heteroatoms. The quantitative estimate of drug-likeness (QED) is 0.371. The first-order chi connectivity index (χ1) is 8.78. The van der Waals surface area contributed by atoms with Gasteiger partial charge in [0.15, 0.2) is 6.29 Å². The van der Waals surface area contributed by atoms with Crippen molar-refractivity contribution in [2.24, 2.45) is 0 Å². The van der Waals surface area contributed by atoms with Crippen LogP contribution in [0.25, 0.3) is 0 Å². The topological polar surface area (TPSA) is 40.2 Å². The average Bonchev–Trinajstić information content (AvgIpc) is 2.36. The van der Waals surface area contributed by atoms with Gasteiger partial charge in [-0.05, 0) is 20.3 Å². The van der Waals surface area contributed by atoms with Crippen LogP contribution >= 0.6 is 0 Å². The Kier molecular flexibility index (Phi) is 13.1. The minimum absolute atomic E-state index is 0.153. The maximum atomic E-state index is 5.56. The molecule has 0 unspecified atom stereocenters. The van der Waals surface area contributed by atoms with Crippen molar-refractivity contribution in [3.05, 3.63) is 0 Å². The van der Waals surface area contributed by atoms with Crippen molar-refractivity contribution in [1.29, 1.82) is 0 Å². The Morgan fingerprint density at radius 3 is 2.00 bits per heavy atom. The van der Waals surface area contributed by atoms with Crippen LogP contribution in [0.1, 0.15) is 20.3 Å². The van der Waals surface area contributed by atoms with E-state index in [4.69, 9.17) is 18.9 Å². The lowest BCUT2D eigenvalue weighted by Crippen LogP contribution is -2.38. The fourth-order valence-electron chi connectivity index (χ4n) is 1.68. The van der Waals surface area contributed by atoms with Gasteiger partial charge in [0.2, 0.25) is 0 Å². The molecule has 0 saturated carbocycles. The second kappa shape index (κ2) is 13.2. The third-order valence-electron chi connectivity index (χ3n) is 2.55. The van der Waals surface area contributed by atoms with E-state index in [0.717, 1.165) is 39.3 Å². The molecule has 0 radical (unpaired) electrons. The Bertz CT molecular complexity index is 163. The van der Waals surface area contributed by atoms with Crippen LogP contribution in [0.15, 0.2) is 0 Å². The van der Waals surface area contributed by atoms with Crippen molar-refractivity contribution >= 4 is 0 Å². The smallest absolute Gasteiger partial charge is 0.170 e. The van der Waals surface area contributed by atoms with Gasteiger partial charge < -0.3 is 18.9 Å². The van der Waals surface area contributed by atoms with Crippen molar-refractivity contribution in [2.75, 3.05) is 60.3 Å². The molecule has 0 bridgehead atoms. The normalized spacial score (nSPS) is 11.7. The summed E-state index contributed by atoms with van der Waals surface area (Å²) in [6.45, 7) is 9.42. The molecular formula is C13H29NO4. The molecule has 110 valence electrons. The van der Waals surface area contributed by atoms with Crippen LogP contribution in [-0.4, -0.2) is 71.5 Å². The molecular weight excluding hydrogens is 234 g/mol.